The van der Waals surface area contributed by atoms with E-state index in [-0.39, 0.29) is 15.1 Å². The van der Waals surface area contributed by atoms with Gasteiger partial charge in [-0.1, -0.05) is 0 Å². The molecule has 9 nitrogen and oxygen atoms in total. The van der Waals surface area contributed by atoms with Crippen molar-refractivity contribution in [2.24, 2.45) is 0 Å². The van der Waals surface area contributed by atoms with E-state index in [0.717, 1.165) is 0 Å². The van der Waals surface area contributed by atoms with E-state index >= 15 is 0 Å². The number of esters is 1. The van der Waals surface area contributed by atoms with Crippen LogP contribution >= 0.6 is 23.6 Å². The second-order valence-electron chi connectivity index (χ2n) is 5.94. The van der Waals surface area contributed by atoms with Crippen LogP contribution in [-0.2, 0) is 14.8 Å². The van der Waals surface area contributed by atoms with Crippen molar-refractivity contribution in [3.05, 3.63) is 71.2 Å². The molecule has 3 N–H and O–H groups in total. The van der Waals surface area contributed by atoms with Gasteiger partial charge in [-0.15, -0.1) is 11.3 Å². The molecule has 0 fully saturated rings. The van der Waals surface area contributed by atoms with Gasteiger partial charge in [-0.05, 0) is 60.7 Å². The number of thiocarbonyl (C=S) groups is 1. The highest BCUT2D eigenvalue weighted by Gasteiger charge is 2.16. The van der Waals surface area contributed by atoms with E-state index in [1.807, 2.05) is 0 Å². The average Bonchev–Trinajstić information content (AvgIpc) is 3.26. The normalized spacial score (nSPS) is 10.7. The number of methoxy groups -OCH3 is 1. The molecule has 1 amide bonds. The molecular formula is C19H16N4O5S3. The molecule has 0 unspecified atom stereocenters. The highest BCUT2D eigenvalue weighted by atomic mass is 32.2. The monoisotopic (exact) mass is 476 g/mol. The Morgan fingerprint density at radius 1 is 1.03 bits per heavy atom. The van der Waals surface area contributed by atoms with Crippen LogP contribution in [0.1, 0.15) is 20.7 Å². The summed E-state index contributed by atoms with van der Waals surface area (Å²) in [5.41, 5.74) is 1.10. The molecule has 0 radical (unpaired) electrons. The number of nitrogens with zero attached hydrogens (tertiary/aromatic N) is 1. The van der Waals surface area contributed by atoms with Crippen molar-refractivity contribution in [1.82, 2.24) is 10.3 Å². The van der Waals surface area contributed by atoms with Gasteiger partial charge in [0, 0.05) is 22.8 Å². The van der Waals surface area contributed by atoms with Crippen molar-refractivity contribution in [2.75, 3.05) is 17.1 Å². The van der Waals surface area contributed by atoms with Gasteiger partial charge in [-0.25, -0.2) is 18.2 Å². The fraction of sp³-hybridized carbons (Fsp3) is 0.0526. The lowest BCUT2D eigenvalue weighted by Crippen LogP contribution is -2.34. The molecule has 1 aromatic heterocycles. The zero-order valence-electron chi connectivity index (χ0n) is 16.0. The number of anilines is 2. The number of hydrogen-bond acceptors (Lipinski definition) is 8. The summed E-state index contributed by atoms with van der Waals surface area (Å²) >= 11 is 6.30. The molecule has 1 heterocycles. The van der Waals surface area contributed by atoms with Gasteiger partial charge in [0.25, 0.3) is 15.9 Å². The second-order valence-corrected chi connectivity index (χ2v) is 8.93. The Labute approximate surface area is 187 Å². The largest absolute Gasteiger partial charge is 0.465 e. The average molecular weight is 477 g/mol. The fourth-order valence-electron chi connectivity index (χ4n) is 2.38. The van der Waals surface area contributed by atoms with Crippen LogP contribution in [0.4, 0.5) is 10.8 Å². The van der Waals surface area contributed by atoms with Gasteiger partial charge in [-0.2, -0.15) is 0 Å². The lowest BCUT2D eigenvalue weighted by Gasteiger charge is -2.11. The third kappa shape index (κ3) is 5.84. The summed E-state index contributed by atoms with van der Waals surface area (Å²) < 4.78 is 31.7. The molecule has 0 aliphatic rings. The van der Waals surface area contributed by atoms with Crippen LogP contribution in [0.5, 0.6) is 0 Å². The zero-order valence-corrected chi connectivity index (χ0v) is 18.4. The molecule has 0 saturated heterocycles. The van der Waals surface area contributed by atoms with E-state index in [0.29, 0.717) is 16.8 Å². The van der Waals surface area contributed by atoms with Crippen LogP contribution in [0, 0.1) is 0 Å². The Morgan fingerprint density at radius 2 is 1.68 bits per heavy atom. The molecule has 2 aromatic carbocycles. The van der Waals surface area contributed by atoms with Crippen molar-refractivity contribution in [2.45, 2.75) is 4.90 Å². The standard InChI is InChI=1S/C19H16N4O5S3/c1-28-17(25)13-4-2-12(3-5-13)16(24)22-18(29)21-14-6-8-15(9-7-14)31(26,27)23-19-20-10-11-30-19/h2-11H,1H3,(H,20,23)(H2,21,22,24,29). The summed E-state index contributed by atoms with van der Waals surface area (Å²) in [6, 6.07) is 11.7. The SMILES string of the molecule is COC(=O)c1ccc(C(=O)NC(=S)Nc2ccc(S(=O)(=O)Nc3nccs3)cc2)cc1. The van der Waals surface area contributed by atoms with Crippen LogP contribution in [0.15, 0.2) is 65.0 Å². The number of ether oxygens (including phenoxy) is 1. The summed E-state index contributed by atoms with van der Waals surface area (Å²) in [5.74, 6) is -0.975. The molecule has 160 valence electrons. The smallest absolute Gasteiger partial charge is 0.337 e. The topological polar surface area (TPSA) is 126 Å². The Bertz CT molecular complexity index is 1190. The predicted octanol–water partition coefficient (Wildman–Crippen LogP) is 2.86. The van der Waals surface area contributed by atoms with Crippen LogP contribution in [0.2, 0.25) is 0 Å². The van der Waals surface area contributed by atoms with E-state index in [4.69, 9.17) is 12.2 Å². The van der Waals surface area contributed by atoms with Crippen molar-refractivity contribution >= 4 is 61.4 Å². The Kier molecular flexibility index (Phi) is 6.95. The van der Waals surface area contributed by atoms with Crippen molar-refractivity contribution in [3.63, 3.8) is 0 Å². The second kappa shape index (κ2) is 9.64. The maximum absolute atomic E-state index is 12.3. The molecule has 0 spiro atoms. The van der Waals surface area contributed by atoms with Gasteiger partial charge in [0.05, 0.1) is 17.6 Å². The van der Waals surface area contributed by atoms with Gasteiger partial charge in [0.15, 0.2) is 10.2 Å². The van der Waals surface area contributed by atoms with E-state index in [2.05, 4.69) is 25.1 Å². The first kappa shape index (κ1) is 22.3. The highest BCUT2D eigenvalue weighted by molar-refractivity contribution is 7.93. The highest BCUT2D eigenvalue weighted by Crippen LogP contribution is 2.19. The Balaban J connectivity index is 1.59. The molecule has 0 aliphatic carbocycles. The molecule has 0 atom stereocenters. The van der Waals surface area contributed by atoms with Gasteiger partial charge in [-0.3, -0.25) is 14.8 Å². The summed E-state index contributed by atoms with van der Waals surface area (Å²) in [7, 11) is -2.49. The lowest BCUT2D eigenvalue weighted by molar-refractivity contribution is 0.0600. The number of carbonyl (C=O) groups excluding carboxylic acids is 2. The first-order valence-electron chi connectivity index (χ1n) is 8.61. The van der Waals surface area contributed by atoms with Gasteiger partial charge < -0.3 is 10.1 Å². The van der Waals surface area contributed by atoms with E-state index in [1.54, 1.807) is 5.38 Å². The molecule has 31 heavy (non-hydrogen) atoms. The van der Waals surface area contributed by atoms with Gasteiger partial charge in [0.2, 0.25) is 0 Å². The predicted molar refractivity (Wildman–Crippen MR) is 121 cm³/mol. The number of thiazole rings is 1. The fourth-order valence-corrected chi connectivity index (χ4v) is 4.38. The number of amides is 1. The minimum atomic E-state index is -3.76. The van der Waals surface area contributed by atoms with E-state index in [9.17, 15) is 18.0 Å². The van der Waals surface area contributed by atoms with Gasteiger partial charge in [0.1, 0.15) is 0 Å². The first-order chi connectivity index (χ1) is 14.8. The lowest BCUT2D eigenvalue weighted by atomic mass is 10.1. The third-order valence-electron chi connectivity index (χ3n) is 3.87. The molecule has 12 heteroatoms. The number of sulfonamides is 1. The Hall–Kier alpha value is -3.35. The molecule has 0 saturated carbocycles. The van der Waals surface area contributed by atoms with Crippen LogP contribution in [0.25, 0.3) is 0 Å². The maximum atomic E-state index is 12.3. The first-order valence-corrected chi connectivity index (χ1v) is 11.4. The Morgan fingerprint density at radius 3 is 2.26 bits per heavy atom. The van der Waals surface area contributed by atoms with Crippen LogP contribution in [0.3, 0.4) is 0 Å². The molecular weight excluding hydrogens is 460 g/mol. The van der Waals surface area contributed by atoms with Crippen molar-refractivity contribution in [1.29, 1.82) is 0 Å². The summed E-state index contributed by atoms with van der Waals surface area (Å²) in [6.07, 6.45) is 1.50. The van der Waals surface area contributed by atoms with E-state index in [1.165, 1.54) is 73.2 Å². The van der Waals surface area contributed by atoms with Crippen molar-refractivity contribution in [3.8, 4) is 0 Å². The minimum absolute atomic E-state index is 0.0264. The molecule has 3 aromatic rings. The number of aromatic nitrogens is 1. The zero-order chi connectivity index (χ0) is 22.4. The number of benzene rings is 2. The number of carbonyl (C=O) groups is 2. The van der Waals surface area contributed by atoms with E-state index < -0.39 is 21.9 Å². The summed E-state index contributed by atoms with van der Waals surface area (Å²) in [4.78, 5) is 27.7. The molecule has 3 rings (SSSR count). The minimum Gasteiger partial charge on any atom is -0.465 e. The van der Waals surface area contributed by atoms with Crippen LogP contribution < -0.4 is 15.4 Å². The number of nitrogens with one attached hydrogen (secondary N) is 3. The molecule has 0 bridgehead atoms. The maximum Gasteiger partial charge on any atom is 0.337 e. The quantitative estimate of drug-likeness (QED) is 0.366. The van der Waals surface area contributed by atoms with Crippen LogP contribution in [-0.4, -0.2) is 37.5 Å². The number of hydrogen-bond donors (Lipinski definition) is 3. The third-order valence-corrected chi connectivity index (χ3v) is 6.25. The van der Waals surface area contributed by atoms with Crippen molar-refractivity contribution < 1.29 is 22.7 Å². The summed E-state index contributed by atoms with van der Waals surface area (Å²) in [5, 5.41) is 7.27. The molecule has 0 aliphatic heterocycles. The summed E-state index contributed by atoms with van der Waals surface area (Å²) in [6.45, 7) is 0. The van der Waals surface area contributed by atoms with Gasteiger partial charge >= 0.3 is 5.97 Å². The number of rotatable bonds is 6.